The van der Waals surface area contributed by atoms with Crippen LogP contribution in [0.2, 0.25) is 0 Å². The zero-order chi connectivity index (χ0) is 25.5. The van der Waals surface area contributed by atoms with Gasteiger partial charge in [0.2, 0.25) is 0 Å². The van der Waals surface area contributed by atoms with Gasteiger partial charge in [-0.1, -0.05) is 46.3 Å². The molecule has 0 aliphatic heterocycles. The summed E-state index contributed by atoms with van der Waals surface area (Å²) in [7, 11) is 0. The van der Waals surface area contributed by atoms with E-state index in [1.54, 1.807) is 0 Å². The van der Waals surface area contributed by atoms with Crippen LogP contribution in [0.3, 0.4) is 0 Å². The summed E-state index contributed by atoms with van der Waals surface area (Å²) in [5.41, 5.74) is -0.230. The standard InChI is InChI=1S/C30H52O4/c1-18(2)10-9-13-30(8,34)19-11-15-28(6)24(19)20(31)16-22-27(5)14-12-23(33)26(3,4)25(27)21(32)17-29(22,28)7/h10,19-25,31-34H,9,11-17H2,1-8H3/t19?,20?,21-,22?,23?,24?,25?,27?,28?,29?,30?/m0/s1. The third-order valence-corrected chi connectivity index (χ3v) is 12.3. The van der Waals surface area contributed by atoms with E-state index >= 15 is 0 Å². The van der Waals surface area contributed by atoms with Crippen LogP contribution in [-0.2, 0) is 0 Å². The number of allylic oxidation sites excluding steroid dienone is 2. The maximum absolute atomic E-state index is 11.8. The van der Waals surface area contributed by atoms with Crippen molar-refractivity contribution in [3.63, 3.8) is 0 Å². The molecule has 196 valence electrons. The number of aliphatic hydroxyl groups is 4. The number of hydrogen-bond acceptors (Lipinski definition) is 4. The summed E-state index contributed by atoms with van der Waals surface area (Å²) in [5.74, 6) is 0.442. The van der Waals surface area contributed by atoms with Crippen molar-refractivity contribution in [2.24, 2.45) is 45.3 Å². The van der Waals surface area contributed by atoms with Gasteiger partial charge in [-0.3, -0.25) is 0 Å². The first-order chi connectivity index (χ1) is 15.5. The fourth-order valence-corrected chi connectivity index (χ4v) is 10.5. The van der Waals surface area contributed by atoms with Gasteiger partial charge in [0, 0.05) is 0 Å². The average molecular weight is 477 g/mol. The van der Waals surface area contributed by atoms with Crippen molar-refractivity contribution in [3.05, 3.63) is 11.6 Å². The van der Waals surface area contributed by atoms with Crippen molar-refractivity contribution < 1.29 is 20.4 Å². The molecule has 34 heavy (non-hydrogen) atoms. The van der Waals surface area contributed by atoms with Gasteiger partial charge in [0.15, 0.2) is 0 Å². The molecule has 0 spiro atoms. The molecule has 0 aromatic rings. The van der Waals surface area contributed by atoms with E-state index in [0.29, 0.717) is 5.92 Å². The van der Waals surface area contributed by atoms with Gasteiger partial charge in [-0.05, 0) is 117 Å². The number of hydrogen-bond donors (Lipinski definition) is 4. The van der Waals surface area contributed by atoms with Crippen molar-refractivity contribution in [1.82, 2.24) is 0 Å². The smallest absolute Gasteiger partial charge is 0.0654 e. The Morgan fingerprint density at radius 2 is 1.59 bits per heavy atom. The highest BCUT2D eigenvalue weighted by Gasteiger charge is 2.72. The van der Waals surface area contributed by atoms with Crippen molar-refractivity contribution in [2.75, 3.05) is 0 Å². The Kier molecular flexibility index (Phi) is 6.50. The molecule has 0 radical (unpaired) electrons. The maximum Gasteiger partial charge on any atom is 0.0654 e. The molecule has 4 nitrogen and oxygen atoms in total. The van der Waals surface area contributed by atoms with Gasteiger partial charge in [0.25, 0.3) is 0 Å². The van der Waals surface area contributed by atoms with Crippen molar-refractivity contribution in [2.45, 2.75) is 131 Å². The van der Waals surface area contributed by atoms with Crippen LogP contribution in [-0.4, -0.2) is 44.3 Å². The fraction of sp³-hybridized carbons (Fsp3) is 0.933. The van der Waals surface area contributed by atoms with E-state index in [4.69, 9.17) is 0 Å². The zero-order valence-corrected chi connectivity index (χ0v) is 23.1. The van der Waals surface area contributed by atoms with E-state index in [-0.39, 0.29) is 39.4 Å². The van der Waals surface area contributed by atoms with E-state index in [1.807, 2.05) is 6.92 Å². The van der Waals surface area contributed by atoms with E-state index in [2.05, 4.69) is 54.5 Å². The Hall–Kier alpha value is -0.420. The van der Waals surface area contributed by atoms with Crippen LogP contribution >= 0.6 is 0 Å². The van der Waals surface area contributed by atoms with Gasteiger partial charge in [-0.15, -0.1) is 0 Å². The third-order valence-electron chi connectivity index (χ3n) is 12.3. The monoisotopic (exact) mass is 476 g/mol. The molecular formula is C30H52O4. The second kappa shape index (κ2) is 8.30. The van der Waals surface area contributed by atoms with Crippen LogP contribution in [0.15, 0.2) is 11.6 Å². The molecule has 0 aromatic carbocycles. The fourth-order valence-electron chi connectivity index (χ4n) is 10.5. The summed E-state index contributed by atoms with van der Waals surface area (Å²) in [6.07, 6.45) is 7.54. The Balaban J connectivity index is 1.70. The first-order valence-corrected chi connectivity index (χ1v) is 13.9. The van der Waals surface area contributed by atoms with Gasteiger partial charge < -0.3 is 20.4 Å². The molecule has 4 fully saturated rings. The lowest BCUT2D eigenvalue weighted by Gasteiger charge is -2.71. The topological polar surface area (TPSA) is 80.9 Å². The van der Waals surface area contributed by atoms with E-state index in [9.17, 15) is 20.4 Å². The largest absolute Gasteiger partial charge is 0.393 e. The number of fused-ring (bicyclic) bond motifs is 5. The SMILES string of the molecule is CC(C)=CCCC(C)(O)C1CCC2(C)C1C(O)CC1C3(C)CCC(O)C(C)(C)C3[C@@H](O)CC12C. The summed E-state index contributed by atoms with van der Waals surface area (Å²) >= 11 is 0. The predicted molar refractivity (Wildman–Crippen MR) is 137 cm³/mol. The second-order valence-electron chi connectivity index (χ2n) is 14.7. The lowest BCUT2D eigenvalue weighted by Crippen LogP contribution is -2.69. The van der Waals surface area contributed by atoms with Crippen molar-refractivity contribution in [3.8, 4) is 0 Å². The van der Waals surface area contributed by atoms with E-state index in [0.717, 1.165) is 51.4 Å². The molecule has 4 rings (SSSR count). The van der Waals surface area contributed by atoms with Crippen LogP contribution in [0, 0.1) is 45.3 Å². The van der Waals surface area contributed by atoms with Gasteiger partial charge in [0.1, 0.15) is 0 Å². The summed E-state index contributed by atoms with van der Waals surface area (Å²) in [6, 6.07) is 0. The van der Waals surface area contributed by atoms with Crippen LogP contribution in [0.25, 0.3) is 0 Å². The summed E-state index contributed by atoms with van der Waals surface area (Å²) in [4.78, 5) is 0. The lowest BCUT2D eigenvalue weighted by atomic mass is 9.34. The Morgan fingerprint density at radius 1 is 0.941 bits per heavy atom. The van der Waals surface area contributed by atoms with Crippen LogP contribution < -0.4 is 0 Å². The Bertz CT molecular complexity index is 813. The molecule has 4 heteroatoms. The van der Waals surface area contributed by atoms with Gasteiger partial charge in [0.05, 0.1) is 23.9 Å². The molecular weight excluding hydrogens is 424 g/mol. The average Bonchev–Trinajstić information content (AvgIpc) is 3.07. The number of rotatable bonds is 4. The molecule has 0 aromatic heterocycles. The third kappa shape index (κ3) is 3.60. The predicted octanol–water partition coefficient (Wildman–Crippen LogP) is 5.47. The first kappa shape index (κ1) is 26.6. The molecule has 0 bridgehead atoms. The summed E-state index contributed by atoms with van der Waals surface area (Å²) in [5, 5.41) is 46.0. The van der Waals surface area contributed by atoms with E-state index < -0.39 is 23.9 Å². The van der Waals surface area contributed by atoms with Gasteiger partial charge in [-0.25, -0.2) is 0 Å². The first-order valence-electron chi connectivity index (χ1n) is 13.9. The number of aliphatic hydroxyl groups excluding tert-OH is 3. The molecule has 0 heterocycles. The lowest BCUT2D eigenvalue weighted by molar-refractivity contribution is -0.274. The Labute approximate surface area is 208 Å². The summed E-state index contributed by atoms with van der Waals surface area (Å²) in [6.45, 7) is 17.5. The highest BCUT2D eigenvalue weighted by atomic mass is 16.3. The van der Waals surface area contributed by atoms with Crippen molar-refractivity contribution in [1.29, 1.82) is 0 Å². The molecule has 4 aliphatic carbocycles. The van der Waals surface area contributed by atoms with Gasteiger partial charge >= 0.3 is 0 Å². The minimum atomic E-state index is -0.810. The minimum absolute atomic E-state index is 0.0264. The van der Waals surface area contributed by atoms with Gasteiger partial charge in [-0.2, -0.15) is 0 Å². The highest BCUT2D eigenvalue weighted by Crippen LogP contribution is 2.75. The maximum atomic E-state index is 11.8. The quantitative estimate of drug-likeness (QED) is 0.406. The highest BCUT2D eigenvalue weighted by molar-refractivity contribution is 5.21. The summed E-state index contributed by atoms with van der Waals surface area (Å²) < 4.78 is 0. The molecule has 4 saturated carbocycles. The molecule has 4 N–H and O–H groups in total. The molecule has 11 atom stereocenters. The molecule has 10 unspecified atom stereocenters. The molecule has 0 amide bonds. The normalized spacial score (nSPS) is 51.6. The van der Waals surface area contributed by atoms with Crippen LogP contribution in [0.4, 0.5) is 0 Å². The van der Waals surface area contributed by atoms with E-state index in [1.165, 1.54) is 5.57 Å². The zero-order valence-electron chi connectivity index (χ0n) is 23.1. The minimum Gasteiger partial charge on any atom is -0.393 e. The van der Waals surface area contributed by atoms with Crippen LogP contribution in [0.1, 0.15) is 107 Å². The second-order valence-corrected chi connectivity index (χ2v) is 14.7. The molecule has 4 aliphatic rings. The Morgan fingerprint density at radius 3 is 2.21 bits per heavy atom. The van der Waals surface area contributed by atoms with Crippen molar-refractivity contribution >= 4 is 0 Å². The molecule has 0 saturated heterocycles. The van der Waals surface area contributed by atoms with Crippen LogP contribution in [0.5, 0.6) is 0 Å².